The number of thioether (sulfide) groups is 1. The molecule has 76 valence electrons. The molecule has 1 fully saturated rings. The fourth-order valence-corrected chi connectivity index (χ4v) is 2.53. The quantitative estimate of drug-likeness (QED) is 0.771. The van der Waals surface area contributed by atoms with E-state index < -0.39 is 11.6 Å². The SMILES string of the molecule is Fc1cc(F)cc(C2CSCCN2)c1. The predicted octanol–water partition coefficient (Wildman–Crippen LogP) is 2.34. The van der Waals surface area contributed by atoms with Gasteiger partial charge in [0.25, 0.3) is 0 Å². The van der Waals surface area contributed by atoms with E-state index in [-0.39, 0.29) is 6.04 Å². The van der Waals surface area contributed by atoms with Gasteiger partial charge in [-0.25, -0.2) is 8.78 Å². The smallest absolute Gasteiger partial charge is 0.126 e. The Balaban J connectivity index is 2.21. The molecular weight excluding hydrogens is 204 g/mol. The van der Waals surface area contributed by atoms with Crippen LogP contribution in [0.4, 0.5) is 8.78 Å². The van der Waals surface area contributed by atoms with Gasteiger partial charge in [-0.15, -0.1) is 0 Å². The standard InChI is InChI=1S/C10H11F2NS/c11-8-3-7(4-9(12)5-8)10-6-14-2-1-13-10/h3-5,10,13H,1-2,6H2. The minimum Gasteiger partial charge on any atom is -0.308 e. The van der Waals surface area contributed by atoms with Gasteiger partial charge in [0.1, 0.15) is 11.6 Å². The summed E-state index contributed by atoms with van der Waals surface area (Å²) in [6.07, 6.45) is 0. The van der Waals surface area contributed by atoms with Crippen molar-refractivity contribution in [2.75, 3.05) is 18.1 Å². The molecule has 1 saturated heterocycles. The number of benzene rings is 1. The molecule has 14 heavy (non-hydrogen) atoms. The van der Waals surface area contributed by atoms with Crippen LogP contribution in [0.15, 0.2) is 18.2 Å². The van der Waals surface area contributed by atoms with Crippen molar-refractivity contribution in [3.63, 3.8) is 0 Å². The lowest BCUT2D eigenvalue weighted by atomic mass is 10.1. The topological polar surface area (TPSA) is 12.0 Å². The molecule has 1 atom stereocenters. The highest BCUT2D eigenvalue weighted by atomic mass is 32.2. The minimum atomic E-state index is -0.502. The summed E-state index contributed by atoms with van der Waals surface area (Å²) in [5, 5.41) is 3.24. The van der Waals surface area contributed by atoms with Gasteiger partial charge >= 0.3 is 0 Å². The van der Waals surface area contributed by atoms with Gasteiger partial charge in [0.05, 0.1) is 0 Å². The molecule has 0 bridgehead atoms. The van der Waals surface area contributed by atoms with Crippen molar-refractivity contribution < 1.29 is 8.78 Å². The number of halogens is 2. The van der Waals surface area contributed by atoms with E-state index in [9.17, 15) is 8.78 Å². The van der Waals surface area contributed by atoms with Gasteiger partial charge in [0, 0.05) is 30.2 Å². The number of hydrogen-bond acceptors (Lipinski definition) is 2. The summed E-state index contributed by atoms with van der Waals surface area (Å²) < 4.78 is 25.8. The average Bonchev–Trinajstić information content (AvgIpc) is 2.18. The molecule has 4 heteroatoms. The molecule has 1 aliphatic rings. The zero-order valence-electron chi connectivity index (χ0n) is 7.59. The number of nitrogens with one attached hydrogen (secondary N) is 1. The van der Waals surface area contributed by atoms with E-state index in [4.69, 9.17) is 0 Å². The minimum absolute atomic E-state index is 0.0824. The lowest BCUT2D eigenvalue weighted by Gasteiger charge is -2.23. The molecule has 0 aliphatic carbocycles. The van der Waals surface area contributed by atoms with Crippen LogP contribution in [-0.4, -0.2) is 18.1 Å². The Kier molecular flexibility index (Phi) is 3.03. The summed E-state index contributed by atoms with van der Waals surface area (Å²) in [5.41, 5.74) is 0.703. The van der Waals surface area contributed by atoms with Crippen molar-refractivity contribution >= 4 is 11.8 Å². The lowest BCUT2D eigenvalue weighted by molar-refractivity contribution is 0.554. The summed E-state index contributed by atoms with van der Waals surface area (Å²) in [4.78, 5) is 0. The predicted molar refractivity (Wildman–Crippen MR) is 54.4 cm³/mol. The molecule has 1 N–H and O–H groups in total. The van der Waals surface area contributed by atoms with Gasteiger partial charge in [0.15, 0.2) is 0 Å². The number of hydrogen-bond donors (Lipinski definition) is 1. The summed E-state index contributed by atoms with van der Waals surface area (Å²) >= 11 is 1.80. The first kappa shape index (κ1) is 9.93. The third kappa shape index (κ3) is 2.25. The Morgan fingerprint density at radius 1 is 1.21 bits per heavy atom. The highest BCUT2D eigenvalue weighted by Crippen LogP contribution is 2.23. The third-order valence-electron chi connectivity index (χ3n) is 2.21. The van der Waals surface area contributed by atoms with E-state index in [1.807, 2.05) is 0 Å². The highest BCUT2D eigenvalue weighted by Gasteiger charge is 2.16. The Labute approximate surface area is 85.9 Å². The van der Waals surface area contributed by atoms with Crippen molar-refractivity contribution in [1.29, 1.82) is 0 Å². The zero-order chi connectivity index (χ0) is 9.97. The van der Waals surface area contributed by atoms with Crippen LogP contribution in [-0.2, 0) is 0 Å². The molecular formula is C10H11F2NS. The molecule has 1 nitrogen and oxygen atoms in total. The van der Waals surface area contributed by atoms with Crippen LogP contribution < -0.4 is 5.32 Å². The average molecular weight is 215 g/mol. The van der Waals surface area contributed by atoms with Gasteiger partial charge in [0.2, 0.25) is 0 Å². The van der Waals surface area contributed by atoms with Crippen LogP contribution in [0.3, 0.4) is 0 Å². The van der Waals surface area contributed by atoms with E-state index in [0.717, 1.165) is 24.1 Å². The second-order valence-corrected chi connectivity index (χ2v) is 4.43. The first-order chi connectivity index (χ1) is 6.75. The summed E-state index contributed by atoms with van der Waals surface area (Å²) in [5.74, 6) is 0.937. The normalized spacial score (nSPS) is 22.3. The Morgan fingerprint density at radius 3 is 2.50 bits per heavy atom. The molecule has 0 amide bonds. The van der Waals surface area contributed by atoms with Crippen LogP contribution in [0.1, 0.15) is 11.6 Å². The van der Waals surface area contributed by atoms with Crippen molar-refractivity contribution in [2.24, 2.45) is 0 Å². The molecule has 0 saturated carbocycles. The second-order valence-electron chi connectivity index (χ2n) is 3.28. The van der Waals surface area contributed by atoms with E-state index in [0.29, 0.717) is 5.56 Å². The van der Waals surface area contributed by atoms with E-state index in [1.165, 1.54) is 12.1 Å². The van der Waals surface area contributed by atoms with E-state index >= 15 is 0 Å². The van der Waals surface area contributed by atoms with Gasteiger partial charge < -0.3 is 5.32 Å². The van der Waals surface area contributed by atoms with Crippen LogP contribution in [0.5, 0.6) is 0 Å². The largest absolute Gasteiger partial charge is 0.308 e. The maximum Gasteiger partial charge on any atom is 0.126 e. The lowest BCUT2D eigenvalue weighted by Crippen LogP contribution is -2.30. The van der Waals surface area contributed by atoms with Gasteiger partial charge in [-0.05, 0) is 17.7 Å². The summed E-state index contributed by atoms with van der Waals surface area (Å²) in [6.45, 7) is 0.896. The molecule has 0 aromatic heterocycles. The summed E-state index contributed by atoms with van der Waals surface area (Å²) in [6, 6.07) is 3.78. The van der Waals surface area contributed by atoms with Crippen LogP contribution in [0, 0.1) is 11.6 Å². The maximum atomic E-state index is 12.9. The first-order valence-corrected chi connectivity index (χ1v) is 5.68. The summed E-state index contributed by atoms with van der Waals surface area (Å²) in [7, 11) is 0. The second kappa shape index (κ2) is 4.28. The fraction of sp³-hybridized carbons (Fsp3) is 0.400. The van der Waals surface area contributed by atoms with Gasteiger partial charge in [-0.3, -0.25) is 0 Å². The Bertz CT molecular complexity index is 304. The monoisotopic (exact) mass is 215 g/mol. The molecule has 1 aromatic rings. The first-order valence-electron chi connectivity index (χ1n) is 4.53. The van der Waals surface area contributed by atoms with Crippen molar-refractivity contribution in [3.8, 4) is 0 Å². The van der Waals surface area contributed by atoms with Crippen molar-refractivity contribution in [2.45, 2.75) is 6.04 Å². The van der Waals surface area contributed by atoms with Gasteiger partial charge in [-0.2, -0.15) is 11.8 Å². The van der Waals surface area contributed by atoms with Crippen LogP contribution in [0.25, 0.3) is 0 Å². The zero-order valence-corrected chi connectivity index (χ0v) is 8.41. The Morgan fingerprint density at radius 2 is 1.93 bits per heavy atom. The molecule has 1 heterocycles. The van der Waals surface area contributed by atoms with E-state index in [2.05, 4.69) is 5.32 Å². The van der Waals surface area contributed by atoms with Crippen molar-refractivity contribution in [3.05, 3.63) is 35.4 Å². The molecule has 2 rings (SSSR count). The molecule has 1 aliphatic heterocycles. The van der Waals surface area contributed by atoms with E-state index in [1.54, 1.807) is 11.8 Å². The molecule has 0 radical (unpaired) electrons. The van der Waals surface area contributed by atoms with Gasteiger partial charge in [-0.1, -0.05) is 0 Å². The maximum absolute atomic E-state index is 12.9. The molecule has 1 aromatic carbocycles. The Hall–Kier alpha value is -0.610. The fourth-order valence-electron chi connectivity index (χ4n) is 1.56. The van der Waals surface area contributed by atoms with Crippen LogP contribution in [0.2, 0.25) is 0 Å². The highest BCUT2D eigenvalue weighted by molar-refractivity contribution is 7.99. The molecule has 0 spiro atoms. The number of rotatable bonds is 1. The van der Waals surface area contributed by atoms with Crippen molar-refractivity contribution in [1.82, 2.24) is 5.32 Å². The third-order valence-corrected chi connectivity index (χ3v) is 3.27. The molecule has 1 unspecified atom stereocenters. The van der Waals surface area contributed by atoms with Crippen LogP contribution >= 0.6 is 11.8 Å².